The number of pyridine rings is 2. The van der Waals surface area contributed by atoms with Crippen molar-refractivity contribution >= 4 is 53.6 Å². The molecule has 2 aromatic heterocycles. The van der Waals surface area contributed by atoms with Crippen molar-refractivity contribution in [3.05, 3.63) is 50.2 Å². The minimum Gasteiger partial charge on any atom is -0.393 e. The summed E-state index contributed by atoms with van der Waals surface area (Å²) in [5.41, 5.74) is 0. The van der Waals surface area contributed by atoms with Gasteiger partial charge in [-0.05, 0) is 111 Å². The number of nitrogens with zero attached hydrogens (tertiary/aromatic N) is 3. The maximum atomic E-state index is 9.36. The quantitative estimate of drug-likeness (QED) is 0.431. The van der Waals surface area contributed by atoms with Gasteiger partial charge in [-0.1, -0.05) is 0 Å². The maximum Gasteiger partial charge on any atom is 0.128 e. The van der Waals surface area contributed by atoms with Gasteiger partial charge in [0, 0.05) is 34.4 Å². The fourth-order valence-electron chi connectivity index (χ4n) is 2.81. The van der Waals surface area contributed by atoms with Crippen LogP contribution in [0.1, 0.15) is 25.7 Å². The maximum absolute atomic E-state index is 9.36. The number of aliphatic hydroxyl groups is 2. The number of rotatable bonds is 1. The highest BCUT2D eigenvalue weighted by molar-refractivity contribution is 9.11. The van der Waals surface area contributed by atoms with E-state index >= 15 is 0 Å². The van der Waals surface area contributed by atoms with Gasteiger partial charge in [0.2, 0.25) is 0 Å². The second-order valence-corrected chi connectivity index (χ2v) is 9.48. The fraction of sp³-hybridized carbons (Fsp3) is 0.500. The van der Waals surface area contributed by atoms with E-state index < -0.39 is 0 Å². The van der Waals surface area contributed by atoms with Gasteiger partial charge in [0.25, 0.3) is 0 Å². The van der Waals surface area contributed by atoms with Crippen LogP contribution in [0.3, 0.4) is 0 Å². The summed E-state index contributed by atoms with van der Waals surface area (Å²) in [6.45, 7) is 3.77. The molecule has 4 heterocycles. The molecule has 0 atom stereocenters. The summed E-state index contributed by atoms with van der Waals surface area (Å²) >= 11 is 9.83. The van der Waals surface area contributed by atoms with E-state index in [0.29, 0.717) is 0 Å². The van der Waals surface area contributed by atoms with Crippen LogP contribution in [-0.4, -0.2) is 58.6 Å². The lowest BCUT2D eigenvalue weighted by Crippen LogP contribution is -2.36. The van der Waals surface area contributed by atoms with E-state index in [1.807, 2.05) is 24.3 Å². The summed E-state index contributed by atoms with van der Waals surface area (Å²) in [5, 5.41) is 21.4. The Morgan fingerprint density at radius 2 is 1.34 bits per heavy atom. The van der Waals surface area contributed by atoms with Gasteiger partial charge in [-0.3, -0.25) is 0 Å². The molecule has 2 fully saturated rings. The van der Waals surface area contributed by atoms with Crippen molar-refractivity contribution in [1.82, 2.24) is 15.3 Å². The number of hydrogen-bond donors (Lipinski definition) is 3. The molecule has 6 nitrogen and oxygen atoms in total. The average Bonchev–Trinajstić information content (AvgIpc) is 2.73. The first kappa shape index (κ1) is 24.7. The van der Waals surface area contributed by atoms with Gasteiger partial charge >= 0.3 is 0 Å². The van der Waals surface area contributed by atoms with Crippen molar-refractivity contribution in [2.75, 3.05) is 31.1 Å². The first-order valence-electron chi connectivity index (χ1n) is 9.64. The highest BCUT2D eigenvalue weighted by Crippen LogP contribution is 2.19. The summed E-state index contributed by atoms with van der Waals surface area (Å²) in [6, 6.07) is 7.80. The minimum atomic E-state index is -0.123. The minimum absolute atomic E-state index is 0.0266. The van der Waals surface area contributed by atoms with Crippen LogP contribution in [0, 0.1) is 0 Å². The molecule has 2 aliphatic heterocycles. The molecule has 3 N–H and O–H groups in total. The molecule has 0 amide bonds. The topological polar surface area (TPSA) is 81.5 Å². The lowest BCUT2D eigenvalue weighted by Gasteiger charge is -2.30. The van der Waals surface area contributed by atoms with E-state index in [1.54, 1.807) is 12.4 Å². The third-order valence-electron chi connectivity index (χ3n) is 4.50. The Bertz CT molecular complexity index is 669. The lowest BCUT2D eigenvalue weighted by molar-refractivity contribution is 0.137. The van der Waals surface area contributed by atoms with Crippen LogP contribution >= 0.6 is 47.8 Å². The van der Waals surface area contributed by atoms with E-state index in [1.165, 1.54) is 0 Å². The SMILES string of the molecule is Brc1ccc(Br)nc1.OC1CCN(c2ccc(Br)cn2)CC1.OC1CCNCC1. The molecule has 0 saturated carbocycles. The van der Waals surface area contributed by atoms with E-state index in [9.17, 15) is 5.11 Å². The Morgan fingerprint density at radius 3 is 1.76 bits per heavy atom. The standard InChI is InChI=1S/C10H13BrN2O.C5H3Br2N.C5H11NO/c11-8-1-2-10(12-7-8)13-5-3-9(14)4-6-13;6-4-1-2-5(7)8-3-4;7-5-1-3-6-4-2-5/h1-2,7,9,14H,3-6H2;1-3H;5-7H,1-4H2. The molecule has 2 aromatic rings. The number of nitrogens with one attached hydrogen (secondary N) is 1. The van der Waals surface area contributed by atoms with Gasteiger partial charge in [-0.15, -0.1) is 0 Å². The lowest BCUT2D eigenvalue weighted by atomic mass is 10.1. The molecule has 29 heavy (non-hydrogen) atoms. The molecule has 0 aromatic carbocycles. The van der Waals surface area contributed by atoms with Gasteiger partial charge < -0.3 is 20.4 Å². The summed E-state index contributed by atoms with van der Waals surface area (Å²) in [6.07, 6.45) is 6.95. The molecule has 0 radical (unpaired) electrons. The third-order valence-corrected chi connectivity index (χ3v) is 5.91. The highest BCUT2D eigenvalue weighted by atomic mass is 79.9. The second-order valence-electron chi connectivity index (χ2n) is 6.83. The van der Waals surface area contributed by atoms with Crippen LogP contribution in [0.4, 0.5) is 5.82 Å². The van der Waals surface area contributed by atoms with Crippen molar-refractivity contribution in [1.29, 1.82) is 0 Å². The van der Waals surface area contributed by atoms with E-state index in [4.69, 9.17) is 5.11 Å². The Morgan fingerprint density at radius 1 is 0.793 bits per heavy atom. The van der Waals surface area contributed by atoms with Gasteiger partial charge in [-0.2, -0.15) is 0 Å². The van der Waals surface area contributed by atoms with Crippen molar-refractivity contribution in [2.24, 2.45) is 0 Å². The third kappa shape index (κ3) is 10.3. The van der Waals surface area contributed by atoms with Gasteiger partial charge in [0.15, 0.2) is 0 Å². The Balaban J connectivity index is 0.000000170. The Hall–Kier alpha value is -0.580. The van der Waals surface area contributed by atoms with Gasteiger partial charge in [0.1, 0.15) is 10.4 Å². The Kier molecular flexibility index (Phi) is 11.6. The Labute approximate surface area is 197 Å². The first-order chi connectivity index (χ1) is 13.9. The zero-order valence-corrected chi connectivity index (χ0v) is 20.9. The fourth-order valence-corrected chi connectivity index (χ4v) is 3.52. The largest absolute Gasteiger partial charge is 0.393 e. The number of anilines is 1. The molecule has 0 bridgehead atoms. The molecule has 0 spiro atoms. The van der Waals surface area contributed by atoms with Crippen LogP contribution in [0.2, 0.25) is 0 Å². The average molecular weight is 595 g/mol. The molecule has 9 heteroatoms. The van der Waals surface area contributed by atoms with Crippen molar-refractivity contribution in [2.45, 2.75) is 37.9 Å². The number of aliphatic hydroxyl groups excluding tert-OH is 2. The number of piperidine rings is 2. The number of hydrogen-bond acceptors (Lipinski definition) is 6. The monoisotopic (exact) mass is 592 g/mol. The molecule has 160 valence electrons. The number of halogens is 3. The van der Waals surface area contributed by atoms with Crippen molar-refractivity contribution in [3.8, 4) is 0 Å². The van der Waals surface area contributed by atoms with Gasteiger partial charge in [0.05, 0.1) is 12.2 Å². The molecular formula is C20H27Br3N4O2. The van der Waals surface area contributed by atoms with Crippen molar-refractivity contribution < 1.29 is 10.2 Å². The summed E-state index contributed by atoms with van der Waals surface area (Å²) < 4.78 is 2.86. The van der Waals surface area contributed by atoms with Crippen LogP contribution in [0.25, 0.3) is 0 Å². The smallest absolute Gasteiger partial charge is 0.128 e. The molecule has 2 aliphatic rings. The van der Waals surface area contributed by atoms with Crippen LogP contribution in [-0.2, 0) is 0 Å². The van der Waals surface area contributed by atoms with E-state index in [-0.39, 0.29) is 12.2 Å². The molecule has 2 saturated heterocycles. The first-order valence-corrected chi connectivity index (χ1v) is 12.0. The predicted octanol–water partition coefficient (Wildman–Crippen LogP) is 4.14. The normalized spacial score (nSPS) is 17.6. The van der Waals surface area contributed by atoms with Crippen LogP contribution < -0.4 is 10.2 Å². The van der Waals surface area contributed by atoms with Crippen LogP contribution in [0.5, 0.6) is 0 Å². The summed E-state index contributed by atoms with van der Waals surface area (Å²) in [7, 11) is 0. The molecular weight excluding hydrogens is 568 g/mol. The van der Waals surface area contributed by atoms with Crippen LogP contribution in [0.15, 0.2) is 50.2 Å². The van der Waals surface area contributed by atoms with Gasteiger partial charge in [-0.25, -0.2) is 9.97 Å². The predicted molar refractivity (Wildman–Crippen MR) is 127 cm³/mol. The van der Waals surface area contributed by atoms with Crippen molar-refractivity contribution in [3.63, 3.8) is 0 Å². The molecule has 0 unspecified atom stereocenters. The molecule has 4 rings (SSSR count). The second kappa shape index (κ2) is 13.7. The van der Waals surface area contributed by atoms with E-state index in [2.05, 4.69) is 68.0 Å². The highest BCUT2D eigenvalue weighted by Gasteiger charge is 2.17. The summed E-state index contributed by atoms with van der Waals surface area (Å²) in [5.74, 6) is 1.00. The van der Waals surface area contributed by atoms with E-state index in [0.717, 1.165) is 71.2 Å². The zero-order chi connectivity index (χ0) is 21.1. The zero-order valence-electron chi connectivity index (χ0n) is 16.1. The molecule has 0 aliphatic carbocycles. The number of aromatic nitrogens is 2. The summed E-state index contributed by atoms with van der Waals surface area (Å²) in [4.78, 5) is 10.5.